The monoisotopic (exact) mass is 194 g/mol. The maximum absolute atomic E-state index is 11.4. The first-order valence-corrected chi connectivity index (χ1v) is 5.13. The lowest BCUT2D eigenvalue weighted by molar-refractivity contribution is -0.127. The molecule has 0 saturated carbocycles. The van der Waals surface area contributed by atoms with Gasteiger partial charge in [0.1, 0.15) is 0 Å². The Labute approximate surface area is 85.7 Å². The molecule has 1 aliphatic heterocycles. The number of carbonyl (C=O) groups excluding carboxylic acids is 1. The molecule has 0 aromatic carbocycles. The summed E-state index contributed by atoms with van der Waals surface area (Å²) in [6.45, 7) is 7.51. The zero-order valence-corrected chi connectivity index (χ0v) is 9.21. The fraction of sp³-hybridized carbons (Fsp3) is 0.818. The number of nitriles is 1. The number of likely N-dealkylation sites (tertiary alicyclic amines) is 1. The Balaban J connectivity index is 2.40. The van der Waals surface area contributed by atoms with Crippen molar-refractivity contribution in [2.75, 3.05) is 13.1 Å². The molecule has 14 heavy (non-hydrogen) atoms. The lowest BCUT2D eigenvalue weighted by atomic mass is 9.91. The Morgan fingerprint density at radius 1 is 1.64 bits per heavy atom. The molecule has 1 unspecified atom stereocenters. The number of nitrogens with zero attached hydrogens (tertiary/aromatic N) is 2. The highest BCUT2D eigenvalue weighted by molar-refractivity contribution is 5.78. The van der Waals surface area contributed by atoms with Gasteiger partial charge in [0.15, 0.2) is 0 Å². The predicted molar refractivity (Wildman–Crippen MR) is 54.4 cm³/mol. The quantitative estimate of drug-likeness (QED) is 0.687. The second kappa shape index (κ2) is 4.00. The van der Waals surface area contributed by atoms with Crippen molar-refractivity contribution in [2.45, 2.75) is 33.6 Å². The molecule has 1 atom stereocenters. The van der Waals surface area contributed by atoms with E-state index < -0.39 is 0 Å². The molecule has 1 aliphatic rings. The zero-order chi connectivity index (χ0) is 10.8. The number of hydrogen-bond donors (Lipinski definition) is 0. The third-order valence-corrected chi connectivity index (χ3v) is 2.72. The van der Waals surface area contributed by atoms with Crippen molar-refractivity contribution in [3.8, 4) is 6.07 Å². The molecule has 1 amide bonds. The molecule has 0 aromatic heterocycles. The second-order valence-electron chi connectivity index (χ2n) is 4.89. The minimum atomic E-state index is -0.313. The average molecular weight is 194 g/mol. The van der Waals surface area contributed by atoms with Gasteiger partial charge >= 0.3 is 0 Å². The van der Waals surface area contributed by atoms with Crippen molar-refractivity contribution in [1.29, 1.82) is 5.26 Å². The van der Waals surface area contributed by atoms with Crippen LogP contribution in [0.2, 0.25) is 0 Å². The fourth-order valence-corrected chi connectivity index (χ4v) is 1.66. The van der Waals surface area contributed by atoms with Gasteiger partial charge in [-0.1, -0.05) is 6.92 Å². The van der Waals surface area contributed by atoms with E-state index in [2.05, 4.69) is 13.0 Å². The number of rotatable bonds is 3. The van der Waals surface area contributed by atoms with Crippen LogP contribution in [0.1, 0.15) is 33.6 Å². The first-order valence-electron chi connectivity index (χ1n) is 5.13. The van der Waals surface area contributed by atoms with Crippen LogP contribution in [-0.2, 0) is 4.79 Å². The van der Waals surface area contributed by atoms with E-state index in [4.69, 9.17) is 5.26 Å². The van der Waals surface area contributed by atoms with E-state index in [0.29, 0.717) is 12.3 Å². The van der Waals surface area contributed by atoms with Crippen molar-refractivity contribution < 1.29 is 4.79 Å². The van der Waals surface area contributed by atoms with E-state index in [1.165, 1.54) is 0 Å². The van der Waals surface area contributed by atoms with Gasteiger partial charge in [-0.05, 0) is 26.2 Å². The summed E-state index contributed by atoms with van der Waals surface area (Å²) in [5.74, 6) is 0.721. The van der Waals surface area contributed by atoms with Gasteiger partial charge in [-0.15, -0.1) is 0 Å². The molecule has 0 N–H and O–H groups in total. The molecule has 0 radical (unpaired) electrons. The first kappa shape index (κ1) is 11.0. The summed E-state index contributed by atoms with van der Waals surface area (Å²) in [5, 5.41) is 8.83. The summed E-state index contributed by atoms with van der Waals surface area (Å²) in [6.07, 6.45) is 1.44. The standard InChI is InChI=1S/C11H18N2O/c1-9-6-10(14)13(7-9)5-4-11(2,3)8-12/h9H,4-7H2,1-3H3. The molecule has 1 fully saturated rings. The largest absolute Gasteiger partial charge is 0.342 e. The normalized spacial score (nSPS) is 22.6. The van der Waals surface area contributed by atoms with Crippen molar-refractivity contribution in [3.63, 3.8) is 0 Å². The summed E-state index contributed by atoms with van der Waals surface area (Å²) in [7, 11) is 0. The van der Waals surface area contributed by atoms with Gasteiger partial charge in [0, 0.05) is 19.5 Å². The van der Waals surface area contributed by atoms with Crippen LogP contribution in [0, 0.1) is 22.7 Å². The molecule has 0 aromatic rings. The SMILES string of the molecule is CC1CC(=O)N(CCC(C)(C)C#N)C1. The Hall–Kier alpha value is -1.04. The molecule has 0 spiro atoms. The van der Waals surface area contributed by atoms with Crippen molar-refractivity contribution in [3.05, 3.63) is 0 Å². The lowest BCUT2D eigenvalue weighted by Gasteiger charge is -2.21. The first-order chi connectivity index (χ1) is 6.44. The molecule has 78 valence electrons. The number of carbonyl (C=O) groups is 1. The fourth-order valence-electron chi connectivity index (χ4n) is 1.66. The van der Waals surface area contributed by atoms with Crippen LogP contribution in [0.15, 0.2) is 0 Å². The lowest BCUT2D eigenvalue weighted by Crippen LogP contribution is -2.29. The Morgan fingerprint density at radius 3 is 2.71 bits per heavy atom. The molecular formula is C11H18N2O. The Bertz CT molecular complexity index is 265. The molecule has 0 bridgehead atoms. The molecule has 3 nitrogen and oxygen atoms in total. The van der Waals surface area contributed by atoms with Crippen LogP contribution in [0.4, 0.5) is 0 Å². The Kier molecular flexibility index (Phi) is 3.15. The molecule has 1 saturated heterocycles. The van der Waals surface area contributed by atoms with Crippen molar-refractivity contribution >= 4 is 5.91 Å². The van der Waals surface area contributed by atoms with E-state index in [-0.39, 0.29) is 11.3 Å². The average Bonchev–Trinajstić information content (AvgIpc) is 2.42. The molecular weight excluding hydrogens is 176 g/mol. The summed E-state index contributed by atoms with van der Waals surface area (Å²) in [6, 6.07) is 2.25. The van der Waals surface area contributed by atoms with Gasteiger partial charge in [-0.25, -0.2) is 0 Å². The number of hydrogen-bond acceptors (Lipinski definition) is 2. The van der Waals surface area contributed by atoms with E-state index >= 15 is 0 Å². The van der Waals surface area contributed by atoms with Crippen molar-refractivity contribution in [2.24, 2.45) is 11.3 Å². The van der Waals surface area contributed by atoms with Crippen molar-refractivity contribution in [1.82, 2.24) is 4.90 Å². The zero-order valence-electron chi connectivity index (χ0n) is 9.21. The summed E-state index contributed by atoms with van der Waals surface area (Å²) in [4.78, 5) is 13.3. The van der Waals surface area contributed by atoms with Crippen LogP contribution >= 0.6 is 0 Å². The third-order valence-electron chi connectivity index (χ3n) is 2.72. The maximum Gasteiger partial charge on any atom is 0.222 e. The smallest absolute Gasteiger partial charge is 0.222 e. The van der Waals surface area contributed by atoms with Gasteiger partial charge in [-0.3, -0.25) is 4.79 Å². The summed E-state index contributed by atoms with van der Waals surface area (Å²) in [5.41, 5.74) is -0.313. The second-order valence-corrected chi connectivity index (χ2v) is 4.89. The van der Waals surface area contributed by atoms with E-state index in [0.717, 1.165) is 19.5 Å². The molecule has 3 heteroatoms. The Morgan fingerprint density at radius 2 is 2.29 bits per heavy atom. The number of amides is 1. The van der Waals surface area contributed by atoms with Gasteiger partial charge < -0.3 is 4.90 Å². The van der Waals surface area contributed by atoms with E-state index in [1.54, 1.807) is 0 Å². The van der Waals surface area contributed by atoms with Gasteiger partial charge in [0.05, 0.1) is 11.5 Å². The minimum Gasteiger partial charge on any atom is -0.342 e. The maximum atomic E-state index is 11.4. The molecule has 0 aliphatic carbocycles. The van der Waals surface area contributed by atoms with Crippen LogP contribution in [-0.4, -0.2) is 23.9 Å². The molecule has 1 rings (SSSR count). The van der Waals surface area contributed by atoms with Crippen LogP contribution in [0.3, 0.4) is 0 Å². The van der Waals surface area contributed by atoms with E-state index in [9.17, 15) is 4.79 Å². The third kappa shape index (κ3) is 2.73. The highest BCUT2D eigenvalue weighted by atomic mass is 16.2. The van der Waals surface area contributed by atoms with Gasteiger partial charge in [0.25, 0.3) is 0 Å². The van der Waals surface area contributed by atoms with E-state index in [1.807, 2.05) is 18.7 Å². The molecule has 1 heterocycles. The summed E-state index contributed by atoms with van der Waals surface area (Å²) < 4.78 is 0. The van der Waals surface area contributed by atoms with Gasteiger partial charge in [-0.2, -0.15) is 5.26 Å². The highest BCUT2D eigenvalue weighted by Gasteiger charge is 2.28. The summed E-state index contributed by atoms with van der Waals surface area (Å²) >= 11 is 0. The predicted octanol–water partition coefficient (Wildman–Crippen LogP) is 1.79. The topological polar surface area (TPSA) is 44.1 Å². The minimum absolute atomic E-state index is 0.242. The van der Waals surface area contributed by atoms with Crippen LogP contribution in [0.25, 0.3) is 0 Å². The highest BCUT2D eigenvalue weighted by Crippen LogP contribution is 2.22. The van der Waals surface area contributed by atoms with Crippen LogP contribution < -0.4 is 0 Å². The van der Waals surface area contributed by atoms with Crippen LogP contribution in [0.5, 0.6) is 0 Å². The van der Waals surface area contributed by atoms with Gasteiger partial charge in [0.2, 0.25) is 5.91 Å².